The van der Waals surface area contributed by atoms with E-state index in [2.05, 4.69) is 4.98 Å². The molecule has 0 bridgehead atoms. The molecule has 0 saturated carbocycles. The van der Waals surface area contributed by atoms with Crippen LogP contribution in [0.4, 0.5) is 11.5 Å². The number of nitrogens with zero attached hydrogens (tertiary/aromatic N) is 2. The molecule has 6 nitrogen and oxygen atoms in total. The van der Waals surface area contributed by atoms with Gasteiger partial charge in [0.05, 0.1) is 16.7 Å². The number of nitrogen functional groups attached to an aromatic ring is 1. The Morgan fingerprint density at radius 3 is 2.78 bits per heavy atom. The predicted molar refractivity (Wildman–Crippen MR) is 66.1 cm³/mol. The molecule has 0 unspecified atom stereocenters. The molecule has 1 aromatic carbocycles. The van der Waals surface area contributed by atoms with E-state index in [1.54, 1.807) is 30.3 Å². The van der Waals surface area contributed by atoms with Crippen LogP contribution in [-0.2, 0) is 6.61 Å². The van der Waals surface area contributed by atoms with E-state index in [9.17, 15) is 10.1 Å². The van der Waals surface area contributed by atoms with Gasteiger partial charge in [-0.2, -0.15) is 0 Å². The highest BCUT2D eigenvalue weighted by atomic mass is 16.6. The number of hydrogen-bond donors (Lipinski definition) is 1. The number of pyridine rings is 1. The van der Waals surface area contributed by atoms with E-state index < -0.39 is 4.92 Å². The summed E-state index contributed by atoms with van der Waals surface area (Å²) >= 11 is 0. The molecule has 2 aromatic rings. The molecule has 2 N–H and O–H groups in total. The number of anilines is 1. The van der Waals surface area contributed by atoms with Crippen molar-refractivity contribution in [2.75, 3.05) is 5.73 Å². The minimum atomic E-state index is -0.467. The van der Waals surface area contributed by atoms with Crippen LogP contribution in [-0.4, -0.2) is 9.91 Å². The Hall–Kier alpha value is -2.63. The number of hydrogen-bond acceptors (Lipinski definition) is 5. The number of non-ortho nitro benzene ring substituents is 1. The highest BCUT2D eigenvalue weighted by Gasteiger charge is 2.06. The average Bonchev–Trinajstić information content (AvgIpc) is 2.37. The van der Waals surface area contributed by atoms with Crippen LogP contribution in [0.1, 0.15) is 5.69 Å². The smallest absolute Gasteiger partial charge is 0.273 e. The lowest BCUT2D eigenvalue weighted by atomic mass is 10.3. The lowest BCUT2D eigenvalue weighted by Crippen LogP contribution is -2.00. The van der Waals surface area contributed by atoms with Crippen molar-refractivity contribution in [1.29, 1.82) is 0 Å². The number of nitro groups is 1. The molecule has 0 radical (unpaired) electrons. The van der Waals surface area contributed by atoms with E-state index >= 15 is 0 Å². The topological polar surface area (TPSA) is 91.3 Å². The van der Waals surface area contributed by atoms with Crippen molar-refractivity contribution in [2.24, 2.45) is 0 Å². The summed E-state index contributed by atoms with van der Waals surface area (Å²) in [4.78, 5) is 14.2. The summed E-state index contributed by atoms with van der Waals surface area (Å²) in [5.41, 5.74) is 6.20. The Labute approximate surface area is 103 Å². The van der Waals surface area contributed by atoms with Gasteiger partial charge in [-0.05, 0) is 18.2 Å². The summed E-state index contributed by atoms with van der Waals surface area (Å²) in [6, 6.07) is 11.2. The molecule has 0 aliphatic rings. The Kier molecular flexibility index (Phi) is 3.38. The number of aromatic nitrogens is 1. The standard InChI is InChI=1S/C12H11N3O3/c13-12-6-1-3-9(14-12)8-18-11-5-2-4-10(7-11)15(16)17/h1-7H,8H2,(H2,13,14). The number of benzene rings is 1. The minimum absolute atomic E-state index is 0.00645. The zero-order valence-corrected chi connectivity index (χ0v) is 9.45. The minimum Gasteiger partial charge on any atom is -0.487 e. The predicted octanol–water partition coefficient (Wildman–Crippen LogP) is 2.15. The monoisotopic (exact) mass is 245 g/mol. The molecule has 6 heteroatoms. The van der Waals surface area contributed by atoms with E-state index in [0.717, 1.165) is 0 Å². The molecule has 0 spiro atoms. The number of nitrogens with two attached hydrogens (primary N) is 1. The Balaban J connectivity index is 2.06. The third kappa shape index (κ3) is 2.94. The van der Waals surface area contributed by atoms with Crippen LogP contribution >= 0.6 is 0 Å². The molecule has 1 aromatic heterocycles. The van der Waals surface area contributed by atoms with Crippen molar-refractivity contribution in [3.8, 4) is 5.75 Å². The van der Waals surface area contributed by atoms with Gasteiger partial charge in [-0.15, -0.1) is 0 Å². The Morgan fingerprint density at radius 2 is 2.06 bits per heavy atom. The van der Waals surface area contributed by atoms with Gasteiger partial charge < -0.3 is 10.5 Å². The van der Waals surface area contributed by atoms with E-state index in [4.69, 9.17) is 10.5 Å². The molecule has 0 amide bonds. The van der Waals surface area contributed by atoms with Gasteiger partial charge in [-0.1, -0.05) is 12.1 Å². The van der Waals surface area contributed by atoms with Gasteiger partial charge in [0, 0.05) is 6.07 Å². The molecule has 92 valence electrons. The Morgan fingerprint density at radius 1 is 1.28 bits per heavy atom. The fourth-order valence-electron chi connectivity index (χ4n) is 1.42. The van der Waals surface area contributed by atoms with Gasteiger partial charge in [0.2, 0.25) is 0 Å². The van der Waals surface area contributed by atoms with Gasteiger partial charge in [-0.25, -0.2) is 4.98 Å². The molecule has 0 fully saturated rings. The van der Waals surface area contributed by atoms with Crippen molar-refractivity contribution in [3.05, 3.63) is 58.3 Å². The van der Waals surface area contributed by atoms with Crippen LogP contribution in [0.3, 0.4) is 0 Å². The van der Waals surface area contributed by atoms with E-state index in [-0.39, 0.29) is 12.3 Å². The van der Waals surface area contributed by atoms with Crippen molar-refractivity contribution < 1.29 is 9.66 Å². The van der Waals surface area contributed by atoms with E-state index in [1.807, 2.05) is 0 Å². The third-order valence-electron chi connectivity index (χ3n) is 2.24. The van der Waals surface area contributed by atoms with E-state index in [1.165, 1.54) is 12.1 Å². The second kappa shape index (κ2) is 5.13. The highest BCUT2D eigenvalue weighted by molar-refractivity contribution is 5.38. The van der Waals surface area contributed by atoms with Gasteiger partial charge in [0.25, 0.3) is 5.69 Å². The fourth-order valence-corrected chi connectivity index (χ4v) is 1.42. The first-order valence-corrected chi connectivity index (χ1v) is 5.24. The first kappa shape index (κ1) is 11.8. The lowest BCUT2D eigenvalue weighted by Gasteiger charge is -2.05. The van der Waals surface area contributed by atoms with Crippen molar-refractivity contribution in [2.45, 2.75) is 6.61 Å². The first-order chi connectivity index (χ1) is 8.65. The number of nitro benzene ring substituents is 1. The van der Waals surface area contributed by atoms with Crippen LogP contribution in [0.2, 0.25) is 0 Å². The summed E-state index contributed by atoms with van der Waals surface area (Å²) in [7, 11) is 0. The maximum absolute atomic E-state index is 10.6. The van der Waals surface area contributed by atoms with Crippen LogP contribution in [0.25, 0.3) is 0 Å². The fraction of sp³-hybridized carbons (Fsp3) is 0.0833. The number of rotatable bonds is 4. The summed E-state index contributed by atoms with van der Waals surface area (Å²) in [6.45, 7) is 0.214. The normalized spacial score (nSPS) is 10.0. The molecular formula is C12H11N3O3. The molecule has 0 aliphatic carbocycles. The number of ether oxygens (including phenoxy) is 1. The molecule has 0 atom stereocenters. The molecule has 18 heavy (non-hydrogen) atoms. The van der Waals surface area contributed by atoms with E-state index in [0.29, 0.717) is 17.3 Å². The zero-order valence-electron chi connectivity index (χ0n) is 9.45. The van der Waals surface area contributed by atoms with Gasteiger partial charge in [0.15, 0.2) is 0 Å². The van der Waals surface area contributed by atoms with Crippen LogP contribution in [0.5, 0.6) is 5.75 Å². The average molecular weight is 245 g/mol. The summed E-state index contributed by atoms with van der Waals surface area (Å²) in [6.07, 6.45) is 0. The highest BCUT2D eigenvalue weighted by Crippen LogP contribution is 2.19. The zero-order chi connectivity index (χ0) is 13.0. The van der Waals surface area contributed by atoms with Gasteiger partial charge in [-0.3, -0.25) is 10.1 Å². The summed E-state index contributed by atoms with van der Waals surface area (Å²) in [5, 5.41) is 10.6. The molecular weight excluding hydrogens is 234 g/mol. The second-order valence-electron chi connectivity index (χ2n) is 3.60. The summed E-state index contributed by atoms with van der Waals surface area (Å²) < 4.78 is 5.42. The van der Waals surface area contributed by atoms with Crippen molar-refractivity contribution >= 4 is 11.5 Å². The molecule has 0 saturated heterocycles. The first-order valence-electron chi connectivity index (χ1n) is 5.24. The molecule has 0 aliphatic heterocycles. The quantitative estimate of drug-likeness (QED) is 0.658. The van der Waals surface area contributed by atoms with Gasteiger partial charge in [0.1, 0.15) is 18.2 Å². The molecule has 1 heterocycles. The van der Waals surface area contributed by atoms with Gasteiger partial charge >= 0.3 is 0 Å². The van der Waals surface area contributed by atoms with Crippen molar-refractivity contribution in [1.82, 2.24) is 4.98 Å². The maximum Gasteiger partial charge on any atom is 0.273 e. The largest absolute Gasteiger partial charge is 0.487 e. The maximum atomic E-state index is 10.6. The van der Waals surface area contributed by atoms with Crippen LogP contribution in [0, 0.1) is 10.1 Å². The van der Waals surface area contributed by atoms with Crippen LogP contribution < -0.4 is 10.5 Å². The van der Waals surface area contributed by atoms with Crippen LogP contribution in [0.15, 0.2) is 42.5 Å². The molecule has 2 rings (SSSR count). The third-order valence-corrected chi connectivity index (χ3v) is 2.24. The second-order valence-corrected chi connectivity index (χ2v) is 3.60. The lowest BCUT2D eigenvalue weighted by molar-refractivity contribution is -0.384. The van der Waals surface area contributed by atoms with Crippen molar-refractivity contribution in [3.63, 3.8) is 0 Å². The SMILES string of the molecule is Nc1cccc(COc2cccc([N+](=O)[O-])c2)n1. The summed E-state index contributed by atoms with van der Waals surface area (Å²) in [5.74, 6) is 0.837. The Bertz CT molecular complexity index is 572.